The topological polar surface area (TPSA) is 140 Å². The van der Waals surface area contributed by atoms with Crippen LogP contribution < -0.4 is 20.9 Å². The Bertz CT molecular complexity index is 1370. The van der Waals surface area contributed by atoms with E-state index in [4.69, 9.17) is 0 Å². The summed E-state index contributed by atoms with van der Waals surface area (Å²) in [7, 11) is 1.79. The normalized spacial score (nSPS) is 16.6. The molecular weight excluding hydrogens is 562 g/mol. The average molecular weight is 603 g/mol. The van der Waals surface area contributed by atoms with Crippen molar-refractivity contribution in [3.63, 3.8) is 0 Å². The molecule has 1 aliphatic rings. The Hall–Kier alpha value is -3.97. The van der Waals surface area contributed by atoms with Crippen molar-refractivity contribution in [2.75, 3.05) is 12.4 Å². The first-order valence-corrected chi connectivity index (χ1v) is 14.4. The molecule has 43 heavy (non-hydrogen) atoms. The summed E-state index contributed by atoms with van der Waals surface area (Å²) in [6.07, 6.45) is 5.80. The van der Waals surface area contributed by atoms with Crippen LogP contribution in [0.1, 0.15) is 67.9 Å². The zero-order valence-electron chi connectivity index (χ0n) is 24.5. The number of rotatable bonds is 13. The molecule has 3 aromatic rings. The highest BCUT2D eigenvalue weighted by atomic mass is 19.3. The molecule has 4 rings (SSSR count). The highest BCUT2D eigenvalue weighted by Gasteiger charge is 2.23. The molecule has 0 bridgehead atoms. The van der Waals surface area contributed by atoms with Gasteiger partial charge in [-0.2, -0.15) is 8.78 Å². The smallest absolute Gasteiger partial charge is 0.394 e. The molecular formula is C30H40F2N6O5. The van der Waals surface area contributed by atoms with Crippen LogP contribution in [0.5, 0.6) is 5.75 Å². The van der Waals surface area contributed by atoms with Crippen molar-refractivity contribution in [1.29, 1.82) is 0 Å². The van der Waals surface area contributed by atoms with Crippen LogP contribution in [0.3, 0.4) is 0 Å². The fourth-order valence-electron chi connectivity index (χ4n) is 4.76. The lowest BCUT2D eigenvalue weighted by molar-refractivity contribution is -0.159. The number of aliphatic hydroxyl groups is 1. The summed E-state index contributed by atoms with van der Waals surface area (Å²) >= 11 is 0. The number of anilines is 1. The quantitative estimate of drug-likeness (QED) is 0.197. The molecule has 0 spiro atoms. The van der Waals surface area contributed by atoms with Gasteiger partial charge in [-0.1, -0.05) is 17.3 Å². The SMILES string of the molecule is CNCc1cccc(OC(C)(F)F)c1.O=Cc1cn(CCCCn2ccc(NC(=O)CC3CCC(O)CC3)cc2=O)nn1. The van der Waals surface area contributed by atoms with E-state index in [1.165, 1.54) is 12.1 Å². The molecule has 0 aliphatic heterocycles. The Morgan fingerprint density at radius 1 is 1.16 bits per heavy atom. The Balaban J connectivity index is 0.000000303. The second-order valence-electron chi connectivity index (χ2n) is 10.7. The molecule has 11 nitrogen and oxygen atoms in total. The summed E-state index contributed by atoms with van der Waals surface area (Å²) in [6.45, 7) is 2.54. The van der Waals surface area contributed by atoms with Gasteiger partial charge in [0.1, 0.15) is 11.4 Å². The summed E-state index contributed by atoms with van der Waals surface area (Å²) in [4.78, 5) is 35.1. The van der Waals surface area contributed by atoms with Crippen LogP contribution in [0.4, 0.5) is 14.5 Å². The zero-order chi connectivity index (χ0) is 31.2. The minimum absolute atomic E-state index is 0.0916. The number of halogens is 2. The minimum Gasteiger partial charge on any atom is -0.433 e. The molecule has 1 aliphatic carbocycles. The van der Waals surface area contributed by atoms with Crippen LogP contribution in [0, 0.1) is 5.92 Å². The van der Waals surface area contributed by atoms with Crippen molar-refractivity contribution >= 4 is 17.9 Å². The Kier molecular flexibility index (Phi) is 13.0. The summed E-state index contributed by atoms with van der Waals surface area (Å²) in [5.41, 5.74) is 1.57. The van der Waals surface area contributed by atoms with Gasteiger partial charge in [0.2, 0.25) is 5.91 Å². The third-order valence-corrected chi connectivity index (χ3v) is 6.86. The van der Waals surface area contributed by atoms with E-state index in [9.17, 15) is 28.3 Å². The third-order valence-electron chi connectivity index (χ3n) is 6.86. The fourth-order valence-corrected chi connectivity index (χ4v) is 4.76. The van der Waals surface area contributed by atoms with E-state index in [1.54, 1.807) is 46.9 Å². The van der Waals surface area contributed by atoms with E-state index in [0.717, 1.165) is 51.0 Å². The minimum atomic E-state index is -3.13. The number of hydrogen-bond donors (Lipinski definition) is 3. The first-order valence-electron chi connectivity index (χ1n) is 14.4. The Morgan fingerprint density at radius 3 is 2.56 bits per heavy atom. The molecule has 234 valence electrons. The number of amides is 1. The number of alkyl halides is 2. The molecule has 3 N–H and O–H groups in total. The van der Waals surface area contributed by atoms with Gasteiger partial charge in [0.05, 0.1) is 12.3 Å². The number of benzene rings is 1. The van der Waals surface area contributed by atoms with E-state index >= 15 is 0 Å². The van der Waals surface area contributed by atoms with Crippen molar-refractivity contribution < 1.29 is 28.2 Å². The van der Waals surface area contributed by atoms with Gasteiger partial charge in [-0.15, -0.1) is 5.10 Å². The van der Waals surface area contributed by atoms with E-state index in [-0.39, 0.29) is 23.3 Å². The Morgan fingerprint density at radius 2 is 1.91 bits per heavy atom. The van der Waals surface area contributed by atoms with Crippen LogP contribution in [0.15, 0.2) is 53.6 Å². The van der Waals surface area contributed by atoms with Gasteiger partial charge in [0.25, 0.3) is 5.56 Å². The third kappa shape index (κ3) is 12.4. The highest BCUT2D eigenvalue weighted by Crippen LogP contribution is 2.27. The first-order chi connectivity index (χ1) is 20.5. The molecule has 1 aromatic carbocycles. The molecule has 0 unspecified atom stereocenters. The number of aliphatic hydroxyl groups excluding tert-OH is 1. The molecule has 0 atom stereocenters. The van der Waals surface area contributed by atoms with Crippen molar-refractivity contribution in [2.24, 2.45) is 5.92 Å². The van der Waals surface area contributed by atoms with Gasteiger partial charge in [-0.05, 0) is 75.3 Å². The maximum atomic E-state index is 12.5. The summed E-state index contributed by atoms with van der Waals surface area (Å²) in [5.74, 6) is 0.391. The maximum absolute atomic E-state index is 12.5. The Labute approximate surface area is 249 Å². The van der Waals surface area contributed by atoms with Crippen LogP contribution >= 0.6 is 0 Å². The van der Waals surface area contributed by atoms with Crippen LogP contribution in [-0.2, 0) is 24.4 Å². The van der Waals surface area contributed by atoms with Crippen molar-refractivity contribution in [3.8, 4) is 5.75 Å². The first kappa shape index (κ1) is 33.5. The molecule has 0 radical (unpaired) electrons. The number of nitrogens with zero attached hydrogens (tertiary/aromatic N) is 4. The molecule has 1 fully saturated rings. The molecule has 13 heteroatoms. The number of carbonyl (C=O) groups is 2. The van der Waals surface area contributed by atoms with Gasteiger partial charge in [-0.3, -0.25) is 19.1 Å². The predicted octanol–water partition coefficient (Wildman–Crippen LogP) is 4.01. The molecule has 1 saturated carbocycles. The largest absolute Gasteiger partial charge is 0.433 e. The second-order valence-corrected chi connectivity index (χ2v) is 10.7. The molecule has 1 amide bonds. The van der Waals surface area contributed by atoms with Crippen LogP contribution in [0.2, 0.25) is 0 Å². The highest BCUT2D eigenvalue weighted by molar-refractivity contribution is 5.90. The van der Waals surface area contributed by atoms with Gasteiger partial charge in [0.15, 0.2) is 6.29 Å². The van der Waals surface area contributed by atoms with Crippen molar-refractivity contribution in [1.82, 2.24) is 24.9 Å². The lowest BCUT2D eigenvalue weighted by atomic mass is 9.85. The van der Waals surface area contributed by atoms with Crippen molar-refractivity contribution in [3.05, 3.63) is 70.4 Å². The lowest BCUT2D eigenvalue weighted by Crippen LogP contribution is -2.24. The van der Waals surface area contributed by atoms with Crippen molar-refractivity contribution in [2.45, 2.75) is 83.7 Å². The van der Waals surface area contributed by atoms with Crippen LogP contribution in [0.25, 0.3) is 0 Å². The zero-order valence-corrected chi connectivity index (χ0v) is 24.5. The van der Waals surface area contributed by atoms with Gasteiger partial charge < -0.3 is 25.0 Å². The maximum Gasteiger partial charge on any atom is 0.394 e. The standard InChI is InChI=1S/C20H27N5O4.C10H13F2NO/c26-14-17-13-25(23-22-17)9-2-1-8-24-10-7-16(12-20(24)29)21-19(28)11-15-3-5-18(27)6-4-15;1-10(11,12)14-9-5-3-4-8(6-9)7-13-2/h7,10,12-15,18,27H,1-6,8-9,11H2,(H,21,28);3-6,13H,7H2,1-2H3. The number of nitrogens with one attached hydrogen (secondary N) is 2. The number of hydrogen-bond acceptors (Lipinski definition) is 8. The van der Waals surface area contributed by atoms with Gasteiger partial charge in [0, 0.05) is 50.9 Å². The van der Waals surface area contributed by atoms with E-state index in [0.29, 0.717) is 49.6 Å². The van der Waals surface area contributed by atoms with E-state index in [2.05, 4.69) is 25.7 Å². The number of unbranched alkanes of at least 4 members (excludes halogenated alkanes) is 1. The summed E-state index contributed by atoms with van der Waals surface area (Å²) in [5, 5.41) is 22.8. The molecule has 2 aromatic heterocycles. The second kappa shape index (κ2) is 16.6. The van der Waals surface area contributed by atoms with Gasteiger partial charge in [-0.25, -0.2) is 0 Å². The number of pyridine rings is 1. The molecule has 2 heterocycles. The molecule has 0 saturated heterocycles. The lowest BCUT2D eigenvalue weighted by Gasteiger charge is -2.24. The number of carbonyl (C=O) groups excluding carboxylic acids is 2. The number of ether oxygens (including phenoxy) is 1. The predicted molar refractivity (Wildman–Crippen MR) is 157 cm³/mol. The summed E-state index contributed by atoms with van der Waals surface area (Å²) in [6, 6.07) is 9.81. The van der Waals surface area contributed by atoms with Gasteiger partial charge >= 0.3 is 6.11 Å². The monoisotopic (exact) mass is 602 g/mol. The van der Waals surface area contributed by atoms with E-state index in [1.807, 2.05) is 6.07 Å². The van der Waals surface area contributed by atoms with E-state index < -0.39 is 6.11 Å². The van der Waals surface area contributed by atoms with Crippen LogP contribution in [-0.4, -0.2) is 56.1 Å². The fraction of sp³-hybridized carbons (Fsp3) is 0.500. The number of aryl methyl sites for hydroxylation is 2. The number of aldehydes is 1. The summed E-state index contributed by atoms with van der Waals surface area (Å²) < 4.78 is 32.6. The number of aromatic nitrogens is 4. The average Bonchev–Trinajstić information content (AvgIpc) is 3.41.